The molecule has 3 aliphatic rings. The molecule has 0 bridgehead atoms. The molecular formula is C17H20F2N2O4. The van der Waals surface area contributed by atoms with Crippen LogP contribution in [0.15, 0.2) is 12.1 Å². The first-order valence-electron chi connectivity index (χ1n) is 8.66. The molecule has 2 heterocycles. The van der Waals surface area contributed by atoms with Crippen LogP contribution >= 0.6 is 0 Å². The third-order valence-electron chi connectivity index (χ3n) is 5.51. The third-order valence-corrected chi connectivity index (χ3v) is 5.51. The fraction of sp³-hybridized carbons (Fsp3) is 0.647. The highest BCUT2D eigenvalue weighted by atomic mass is 19.1. The van der Waals surface area contributed by atoms with Crippen molar-refractivity contribution in [3.8, 4) is 0 Å². The Morgan fingerprint density at radius 2 is 1.92 bits per heavy atom. The van der Waals surface area contributed by atoms with E-state index in [1.807, 2.05) is 0 Å². The van der Waals surface area contributed by atoms with Gasteiger partial charge in [-0.05, 0) is 37.0 Å². The zero-order valence-electron chi connectivity index (χ0n) is 13.7. The molecule has 1 aromatic rings. The molecule has 0 N–H and O–H groups in total. The number of piperidine rings is 1. The number of halogens is 2. The van der Waals surface area contributed by atoms with Crippen LogP contribution in [0.3, 0.4) is 0 Å². The second-order valence-electron chi connectivity index (χ2n) is 7.04. The van der Waals surface area contributed by atoms with Gasteiger partial charge in [-0.25, -0.2) is 8.78 Å². The van der Waals surface area contributed by atoms with Crippen molar-refractivity contribution in [3.05, 3.63) is 33.9 Å². The fourth-order valence-corrected chi connectivity index (χ4v) is 4.10. The molecule has 25 heavy (non-hydrogen) atoms. The number of anilines is 1. The van der Waals surface area contributed by atoms with Crippen LogP contribution in [-0.2, 0) is 9.47 Å². The van der Waals surface area contributed by atoms with Gasteiger partial charge < -0.3 is 14.4 Å². The van der Waals surface area contributed by atoms with Gasteiger partial charge >= 0.3 is 0 Å². The van der Waals surface area contributed by atoms with Gasteiger partial charge in [0.15, 0.2) is 17.9 Å². The van der Waals surface area contributed by atoms with Crippen LogP contribution in [0.4, 0.5) is 20.2 Å². The summed E-state index contributed by atoms with van der Waals surface area (Å²) >= 11 is 0. The van der Waals surface area contributed by atoms with E-state index >= 15 is 0 Å². The van der Waals surface area contributed by atoms with Crippen molar-refractivity contribution in [3.63, 3.8) is 0 Å². The van der Waals surface area contributed by atoms with Crippen molar-refractivity contribution >= 4 is 11.4 Å². The number of benzene rings is 1. The van der Waals surface area contributed by atoms with E-state index in [4.69, 9.17) is 9.47 Å². The minimum Gasteiger partial charge on any atom is -0.366 e. The van der Waals surface area contributed by atoms with Crippen molar-refractivity contribution in [2.24, 2.45) is 17.8 Å². The summed E-state index contributed by atoms with van der Waals surface area (Å²) in [5, 5.41) is 10.7. The van der Waals surface area contributed by atoms with Gasteiger partial charge in [-0.15, -0.1) is 0 Å². The highest BCUT2D eigenvalue weighted by Gasteiger charge is 2.56. The van der Waals surface area contributed by atoms with E-state index in [2.05, 4.69) is 0 Å². The second kappa shape index (κ2) is 6.49. The Balaban J connectivity index is 1.34. The lowest BCUT2D eigenvalue weighted by Crippen LogP contribution is -2.28. The number of hydrogen-bond donors (Lipinski definition) is 0. The molecule has 2 aliphatic heterocycles. The molecule has 0 spiro atoms. The van der Waals surface area contributed by atoms with Crippen LogP contribution in [-0.4, -0.2) is 37.5 Å². The lowest BCUT2D eigenvalue weighted by atomic mass is 10.2. The molecule has 3 fully saturated rings. The molecule has 2 saturated heterocycles. The third kappa shape index (κ3) is 3.20. The van der Waals surface area contributed by atoms with Crippen LogP contribution in [0, 0.1) is 39.5 Å². The highest BCUT2D eigenvalue weighted by molar-refractivity contribution is 5.55. The summed E-state index contributed by atoms with van der Waals surface area (Å²) in [6.45, 7) is 2.47. The first-order valence-corrected chi connectivity index (χ1v) is 8.66. The monoisotopic (exact) mass is 354 g/mol. The number of hydrogen-bond acceptors (Lipinski definition) is 5. The van der Waals surface area contributed by atoms with E-state index in [0.29, 0.717) is 37.5 Å². The Morgan fingerprint density at radius 1 is 1.24 bits per heavy atom. The molecule has 3 unspecified atom stereocenters. The van der Waals surface area contributed by atoms with Gasteiger partial charge in [-0.2, -0.15) is 0 Å². The molecule has 8 heteroatoms. The maximum Gasteiger partial charge on any atom is 0.275 e. The Labute approximate surface area is 143 Å². The van der Waals surface area contributed by atoms with E-state index in [1.165, 1.54) is 0 Å². The summed E-state index contributed by atoms with van der Waals surface area (Å²) < 4.78 is 39.6. The smallest absolute Gasteiger partial charge is 0.275 e. The number of nitrogens with zero attached hydrogens (tertiary/aromatic N) is 2. The zero-order chi connectivity index (χ0) is 17.6. The summed E-state index contributed by atoms with van der Waals surface area (Å²) in [5.41, 5.74) is -0.727. The number of rotatable bonds is 5. The molecule has 1 aromatic carbocycles. The number of nitro groups is 1. The van der Waals surface area contributed by atoms with E-state index in [0.717, 1.165) is 38.0 Å². The summed E-state index contributed by atoms with van der Waals surface area (Å²) in [4.78, 5) is 11.5. The van der Waals surface area contributed by atoms with Gasteiger partial charge in [0.25, 0.3) is 5.69 Å². The number of fused-ring (bicyclic) bond motifs is 1. The summed E-state index contributed by atoms with van der Waals surface area (Å²) in [7, 11) is 0. The number of non-ortho nitro benzene ring substituents is 1. The second-order valence-corrected chi connectivity index (χ2v) is 7.04. The van der Waals surface area contributed by atoms with Gasteiger partial charge in [0.05, 0.1) is 23.7 Å². The van der Waals surface area contributed by atoms with Gasteiger partial charge in [0.2, 0.25) is 0 Å². The van der Waals surface area contributed by atoms with Crippen molar-refractivity contribution in [1.82, 2.24) is 0 Å². The Hall–Kier alpha value is -1.80. The SMILES string of the molecule is O=[N+]([O-])c1cc(F)c(N2CC3C(COC4CCCCO4)C3C2)c(F)c1. The largest absolute Gasteiger partial charge is 0.366 e. The van der Waals surface area contributed by atoms with Crippen LogP contribution in [0.25, 0.3) is 0 Å². The number of nitro benzene ring substituents is 1. The Morgan fingerprint density at radius 3 is 2.48 bits per heavy atom. The molecule has 1 saturated carbocycles. The van der Waals surface area contributed by atoms with Crippen LogP contribution < -0.4 is 4.90 Å². The molecule has 0 aromatic heterocycles. The first-order chi connectivity index (χ1) is 12.0. The summed E-state index contributed by atoms with van der Waals surface area (Å²) in [6.07, 6.45) is 3.01. The predicted octanol–water partition coefficient (Wildman–Crippen LogP) is 3.10. The quantitative estimate of drug-likeness (QED) is 0.600. The first kappa shape index (κ1) is 16.7. The molecule has 136 valence electrons. The minimum atomic E-state index is -0.878. The molecular weight excluding hydrogens is 334 g/mol. The number of ether oxygens (including phenoxy) is 2. The minimum absolute atomic E-state index is 0.115. The molecule has 3 atom stereocenters. The van der Waals surface area contributed by atoms with Crippen LogP contribution in [0.5, 0.6) is 0 Å². The summed E-state index contributed by atoms with van der Waals surface area (Å²) in [5.74, 6) is -0.631. The van der Waals surface area contributed by atoms with Crippen LogP contribution in [0.2, 0.25) is 0 Å². The van der Waals surface area contributed by atoms with Gasteiger partial charge in [0, 0.05) is 19.7 Å². The molecule has 4 rings (SSSR count). The van der Waals surface area contributed by atoms with Gasteiger partial charge in [-0.3, -0.25) is 10.1 Å². The topological polar surface area (TPSA) is 64.8 Å². The standard InChI is InChI=1S/C17H20F2N2O4/c18-14-5-10(21(22)23)6-15(19)17(14)20-7-11-12(8-20)13(11)9-25-16-3-1-2-4-24-16/h5-6,11-13,16H,1-4,7-9H2. The van der Waals surface area contributed by atoms with E-state index in [1.54, 1.807) is 4.90 Å². The average molecular weight is 354 g/mol. The fourth-order valence-electron chi connectivity index (χ4n) is 4.10. The lowest BCUT2D eigenvalue weighted by Gasteiger charge is -2.25. The maximum atomic E-state index is 14.1. The Kier molecular flexibility index (Phi) is 4.33. The van der Waals surface area contributed by atoms with Crippen LogP contribution in [0.1, 0.15) is 19.3 Å². The Bertz CT molecular complexity index is 646. The maximum absolute atomic E-state index is 14.1. The zero-order valence-corrected chi connectivity index (χ0v) is 13.7. The normalized spacial score (nSPS) is 31.0. The molecule has 1 aliphatic carbocycles. The summed E-state index contributed by atoms with van der Waals surface area (Å²) in [6, 6.07) is 1.56. The predicted molar refractivity (Wildman–Crippen MR) is 85.2 cm³/mol. The van der Waals surface area contributed by atoms with E-state index in [9.17, 15) is 18.9 Å². The van der Waals surface area contributed by atoms with E-state index < -0.39 is 22.2 Å². The van der Waals surface area contributed by atoms with Crippen molar-refractivity contribution < 1.29 is 23.2 Å². The molecule has 0 radical (unpaired) electrons. The molecule has 0 amide bonds. The van der Waals surface area contributed by atoms with Gasteiger partial charge in [0.1, 0.15) is 5.69 Å². The average Bonchev–Trinajstić information content (AvgIpc) is 3.04. The van der Waals surface area contributed by atoms with Crippen molar-refractivity contribution in [2.45, 2.75) is 25.6 Å². The molecule has 6 nitrogen and oxygen atoms in total. The highest BCUT2D eigenvalue weighted by Crippen LogP contribution is 2.53. The van der Waals surface area contributed by atoms with Crippen molar-refractivity contribution in [1.29, 1.82) is 0 Å². The van der Waals surface area contributed by atoms with Crippen molar-refractivity contribution in [2.75, 3.05) is 31.2 Å². The van der Waals surface area contributed by atoms with Gasteiger partial charge in [-0.1, -0.05) is 0 Å². The van der Waals surface area contributed by atoms with E-state index in [-0.39, 0.29) is 12.0 Å². The lowest BCUT2D eigenvalue weighted by molar-refractivity contribution is -0.385.